The van der Waals surface area contributed by atoms with Gasteiger partial charge in [0.05, 0.1) is 0 Å². The quantitative estimate of drug-likeness (QED) is 0.494. The van der Waals surface area contributed by atoms with E-state index in [0.29, 0.717) is 5.76 Å². The second-order valence-corrected chi connectivity index (χ2v) is 3.59. The number of benzene rings is 1. The lowest BCUT2D eigenvalue weighted by Crippen LogP contribution is -2.05. The minimum Gasteiger partial charge on any atom is -0.453 e. The maximum atomic E-state index is 11.1. The SMILES string of the molecule is Bc1ccc2oc(C(C)=O)cc2c1C. The van der Waals surface area contributed by atoms with E-state index < -0.39 is 0 Å². The number of carbonyl (C=O) groups is 1. The number of carbonyl (C=O) groups excluding carboxylic acids is 1. The number of hydrogen-bond donors (Lipinski definition) is 0. The number of furan rings is 1. The average molecular weight is 186 g/mol. The monoisotopic (exact) mass is 186 g/mol. The van der Waals surface area contributed by atoms with Crippen molar-refractivity contribution in [3.63, 3.8) is 0 Å². The molecule has 0 amide bonds. The Morgan fingerprint density at radius 2 is 2.14 bits per heavy atom. The summed E-state index contributed by atoms with van der Waals surface area (Å²) in [5.41, 5.74) is 3.19. The van der Waals surface area contributed by atoms with E-state index in [4.69, 9.17) is 4.42 Å². The Labute approximate surface area is 83.3 Å². The molecular weight excluding hydrogens is 175 g/mol. The molecule has 1 heterocycles. The van der Waals surface area contributed by atoms with Crippen LogP contribution >= 0.6 is 0 Å². The first-order valence-electron chi connectivity index (χ1n) is 4.60. The van der Waals surface area contributed by atoms with Gasteiger partial charge in [0.1, 0.15) is 13.4 Å². The summed E-state index contributed by atoms with van der Waals surface area (Å²) in [4.78, 5) is 11.1. The van der Waals surface area contributed by atoms with Crippen LogP contribution in [-0.4, -0.2) is 13.6 Å². The topological polar surface area (TPSA) is 30.2 Å². The smallest absolute Gasteiger partial charge is 0.194 e. The Morgan fingerprint density at radius 3 is 2.79 bits per heavy atom. The second kappa shape index (κ2) is 3.01. The highest BCUT2D eigenvalue weighted by Crippen LogP contribution is 2.21. The van der Waals surface area contributed by atoms with Crippen molar-refractivity contribution in [1.82, 2.24) is 0 Å². The predicted octanol–water partition coefficient (Wildman–Crippen LogP) is 1.20. The van der Waals surface area contributed by atoms with Gasteiger partial charge in [0.25, 0.3) is 0 Å². The van der Waals surface area contributed by atoms with Crippen molar-refractivity contribution in [2.24, 2.45) is 0 Å². The Bertz CT molecular complexity index is 511. The van der Waals surface area contributed by atoms with Crippen LogP contribution in [-0.2, 0) is 0 Å². The zero-order chi connectivity index (χ0) is 10.3. The largest absolute Gasteiger partial charge is 0.453 e. The van der Waals surface area contributed by atoms with Crippen LogP contribution in [0.4, 0.5) is 0 Å². The van der Waals surface area contributed by atoms with E-state index in [1.807, 2.05) is 25.1 Å². The van der Waals surface area contributed by atoms with E-state index in [2.05, 4.69) is 7.85 Å². The average Bonchev–Trinajstić information content (AvgIpc) is 2.56. The summed E-state index contributed by atoms with van der Waals surface area (Å²) in [5.74, 6) is 0.409. The lowest BCUT2D eigenvalue weighted by Gasteiger charge is -1.98. The molecule has 0 bridgehead atoms. The minimum atomic E-state index is -0.0294. The first-order chi connectivity index (χ1) is 6.59. The maximum Gasteiger partial charge on any atom is 0.194 e. The van der Waals surface area contributed by atoms with Crippen LogP contribution in [0.3, 0.4) is 0 Å². The first-order valence-corrected chi connectivity index (χ1v) is 4.60. The van der Waals surface area contributed by atoms with Gasteiger partial charge in [-0.2, -0.15) is 0 Å². The van der Waals surface area contributed by atoms with Crippen LogP contribution in [0, 0.1) is 6.92 Å². The fourth-order valence-corrected chi connectivity index (χ4v) is 1.53. The van der Waals surface area contributed by atoms with Crippen LogP contribution in [0.15, 0.2) is 22.6 Å². The number of fused-ring (bicyclic) bond motifs is 1. The highest BCUT2D eigenvalue weighted by atomic mass is 16.3. The molecule has 0 fully saturated rings. The first kappa shape index (κ1) is 9.07. The van der Waals surface area contributed by atoms with E-state index in [1.54, 1.807) is 0 Å². The zero-order valence-corrected chi connectivity index (χ0v) is 8.55. The molecule has 0 radical (unpaired) electrons. The molecule has 2 rings (SSSR count). The molecule has 0 saturated heterocycles. The molecule has 1 aromatic heterocycles. The van der Waals surface area contributed by atoms with Crippen molar-refractivity contribution < 1.29 is 9.21 Å². The molecule has 14 heavy (non-hydrogen) atoms. The molecule has 0 aliphatic rings. The van der Waals surface area contributed by atoms with E-state index in [9.17, 15) is 4.79 Å². The van der Waals surface area contributed by atoms with Gasteiger partial charge in [-0.1, -0.05) is 11.5 Å². The van der Waals surface area contributed by atoms with Gasteiger partial charge in [0.15, 0.2) is 11.5 Å². The van der Waals surface area contributed by atoms with Gasteiger partial charge >= 0.3 is 0 Å². The summed E-state index contributed by atoms with van der Waals surface area (Å²) in [6, 6.07) is 5.73. The molecule has 0 N–H and O–H groups in total. The summed E-state index contributed by atoms with van der Waals surface area (Å²) >= 11 is 0. The number of hydrogen-bond acceptors (Lipinski definition) is 2. The van der Waals surface area contributed by atoms with Crippen molar-refractivity contribution in [1.29, 1.82) is 0 Å². The van der Waals surface area contributed by atoms with Gasteiger partial charge in [-0.25, -0.2) is 0 Å². The van der Waals surface area contributed by atoms with E-state index in [-0.39, 0.29) is 5.78 Å². The molecule has 0 atom stereocenters. The summed E-state index contributed by atoms with van der Waals surface area (Å²) < 4.78 is 5.42. The Balaban J connectivity index is 2.77. The Kier molecular flexibility index (Phi) is 1.95. The molecule has 1 aromatic carbocycles. The van der Waals surface area contributed by atoms with Crippen LogP contribution in [0.25, 0.3) is 11.0 Å². The molecule has 70 valence electrons. The highest BCUT2D eigenvalue weighted by molar-refractivity contribution is 6.34. The van der Waals surface area contributed by atoms with Crippen molar-refractivity contribution in [3.8, 4) is 0 Å². The predicted molar refractivity (Wildman–Crippen MR) is 59.1 cm³/mol. The van der Waals surface area contributed by atoms with Crippen molar-refractivity contribution in [2.45, 2.75) is 13.8 Å². The van der Waals surface area contributed by atoms with Crippen LogP contribution in [0.2, 0.25) is 0 Å². The summed E-state index contributed by atoms with van der Waals surface area (Å²) in [6.45, 7) is 3.55. The molecule has 2 aromatic rings. The van der Waals surface area contributed by atoms with Crippen LogP contribution in [0.5, 0.6) is 0 Å². The summed E-state index contributed by atoms with van der Waals surface area (Å²) in [7, 11) is 2.05. The van der Waals surface area contributed by atoms with Gasteiger partial charge in [-0.15, -0.1) is 0 Å². The molecule has 3 heteroatoms. The van der Waals surface area contributed by atoms with Gasteiger partial charge in [-0.3, -0.25) is 4.79 Å². The molecule has 0 aliphatic heterocycles. The van der Waals surface area contributed by atoms with E-state index >= 15 is 0 Å². The van der Waals surface area contributed by atoms with E-state index in [0.717, 1.165) is 11.0 Å². The van der Waals surface area contributed by atoms with Crippen molar-refractivity contribution in [3.05, 3.63) is 29.5 Å². The van der Waals surface area contributed by atoms with Crippen LogP contribution in [0.1, 0.15) is 23.0 Å². The van der Waals surface area contributed by atoms with Crippen molar-refractivity contribution >= 4 is 30.1 Å². The number of ketones is 1. The highest BCUT2D eigenvalue weighted by Gasteiger charge is 2.09. The fraction of sp³-hybridized carbons (Fsp3) is 0.182. The summed E-state index contributed by atoms with van der Waals surface area (Å²) in [6.07, 6.45) is 0. The number of aryl methyl sites for hydroxylation is 1. The second-order valence-electron chi connectivity index (χ2n) is 3.59. The molecule has 0 aliphatic carbocycles. The number of rotatable bonds is 1. The van der Waals surface area contributed by atoms with Crippen LogP contribution < -0.4 is 5.46 Å². The molecule has 0 saturated carbocycles. The molecular formula is C11H11BO2. The van der Waals surface area contributed by atoms with Gasteiger partial charge < -0.3 is 4.42 Å². The minimum absolute atomic E-state index is 0.0294. The normalized spacial score (nSPS) is 10.7. The Hall–Kier alpha value is -1.51. The third-order valence-electron chi connectivity index (χ3n) is 2.59. The fourth-order valence-electron chi connectivity index (χ4n) is 1.53. The third-order valence-corrected chi connectivity index (χ3v) is 2.59. The lowest BCUT2D eigenvalue weighted by molar-refractivity contribution is 0.0989. The van der Waals surface area contributed by atoms with Gasteiger partial charge in [0.2, 0.25) is 0 Å². The maximum absolute atomic E-state index is 11.1. The zero-order valence-electron chi connectivity index (χ0n) is 8.55. The van der Waals surface area contributed by atoms with Crippen molar-refractivity contribution in [2.75, 3.05) is 0 Å². The van der Waals surface area contributed by atoms with Gasteiger partial charge in [-0.05, 0) is 24.6 Å². The van der Waals surface area contributed by atoms with Gasteiger partial charge in [0, 0.05) is 12.3 Å². The third kappa shape index (κ3) is 1.25. The Morgan fingerprint density at radius 1 is 1.43 bits per heavy atom. The lowest BCUT2D eigenvalue weighted by atomic mass is 9.89. The molecule has 0 unspecified atom stereocenters. The number of Topliss-reactive ketones (excluding diaryl/α,β-unsaturated/α-hetero) is 1. The molecule has 2 nitrogen and oxygen atoms in total. The van der Waals surface area contributed by atoms with E-state index in [1.165, 1.54) is 17.9 Å². The molecule has 0 spiro atoms. The summed E-state index contributed by atoms with van der Waals surface area (Å²) in [5, 5.41) is 1.04. The standard InChI is InChI=1S/C11H11BO2/c1-6-8-5-11(7(2)13)14-10(8)4-3-9(6)12/h3-5H,12H2,1-2H3.